The van der Waals surface area contributed by atoms with Crippen LogP contribution in [0.1, 0.15) is 45.4 Å². The molecule has 1 unspecified atom stereocenters. The summed E-state index contributed by atoms with van der Waals surface area (Å²) in [5.74, 6) is 0. The lowest BCUT2D eigenvalue weighted by Gasteiger charge is -2.53. The minimum absolute atomic E-state index is 0.200. The standard InChI is InChI=1S/C19H26O5S/c1-18(12-14-24-17-9-5-6-13-23-17)10-11-19(18,15-20)25(21,22)16-7-3-2-4-8-16/h2-4,7-8,15,17H,5-6,9-14H2,1H3/t17?,18-,19-/m1/s1. The lowest BCUT2D eigenvalue weighted by molar-refractivity contribution is -0.169. The van der Waals surface area contributed by atoms with Crippen molar-refractivity contribution in [3.05, 3.63) is 30.3 Å². The molecule has 1 aromatic carbocycles. The highest BCUT2D eigenvalue weighted by atomic mass is 32.2. The van der Waals surface area contributed by atoms with E-state index in [1.165, 1.54) is 0 Å². The largest absolute Gasteiger partial charge is 0.353 e. The molecular weight excluding hydrogens is 340 g/mol. The van der Waals surface area contributed by atoms with Gasteiger partial charge in [0.05, 0.1) is 11.5 Å². The number of hydrogen-bond acceptors (Lipinski definition) is 5. The number of hydrogen-bond donors (Lipinski definition) is 0. The average molecular weight is 366 g/mol. The van der Waals surface area contributed by atoms with Crippen LogP contribution in [-0.4, -0.2) is 39.0 Å². The van der Waals surface area contributed by atoms with E-state index in [0.29, 0.717) is 38.8 Å². The van der Waals surface area contributed by atoms with Crippen molar-refractivity contribution in [2.45, 2.75) is 61.4 Å². The summed E-state index contributed by atoms with van der Waals surface area (Å²) < 4.78 is 36.3. The number of rotatable bonds is 7. The van der Waals surface area contributed by atoms with Gasteiger partial charge in [0.25, 0.3) is 0 Å². The molecule has 138 valence electrons. The van der Waals surface area contributed by atoms with Crippen LogP contribution in [0.3, 0.4) is 0 Å². The molecule has 2 fully saturated rings. The van der Waals surface area contributed by atoms with E-state index >= 15 is 0 Å². The number of aldehydes is 1. The Morgan fingerprint density at radius 2 is 2.00 bits per heavy atom. The Labute approximate surface area is 149 Å². The Kier molecular flexibility index (Phi) is 5.32. The molecule has 5 nitrogen and oxygen atoms in total. The van der Waals surface area contributed by atoms with Crippen molar-refractivity contribution < 1.29 is 22.7 Å². The van der Waals surface area contributed by atoms with Crippen LogP contribution >= 0.6 is 0 Å². The predicted molar refractivity (Wildman–Crippen MR) is 93.9 cm³/mol. The molecule has 1 saturated carbocycles. The fraction of sp³-hybridized carbons (Fsp3) is 0.632. The van der Waals surface area contributed by atoms with Gasteiger partial charge < -0.3 is 14.3 Å². The van der Waals surface area contributed by atoms with Crippen LogP contribution in [-0.2, 0) is 24.1 Å². The molecule has 25 heavy (non-hydrogen) atoms. The van der Waals surface area contributed by atoms with Gasteiger partial charge >= 0.3 is 0 Å². The Balaban J connectivity index is 1.73. The van der Waals surface area contributed by atoms with Crippen molar-refractivity contribution in [3.8, 4) is 0 Å². The number of carbonyl (C=O) groups is 1. The number of sulfone groups is 1. The Hall–Kier alpha value is -1.24. The molecule has 0 amide bonds. The van der Waals surface area contributed by atoms with Gasteiger partial charge in [0.15, 0.2) is 16.1 Å². The maximum Gasteiger partial charge on any atom is 0.191 e. The van der Waals surface area contributed by atoms with E-state index in [1.54, 1.807) is 30.3 Å². The monoisotopic (exact) mass is 366 g/mol. The molecule has 1 aliphatic heterocycles. The summed E-state index contributed by atoms with van der Waals surface area (Å²) >= 11 is 0. The van der Waals surface area contributed by atoms with Gasteiger partial charge in [-0.1, -0.05) is 25.1 Å². The third kappa shape index (κ3) is 3.15. The van der Waals surface area contributed by atoms with Crippen molar-refractivity contribution in [1.29, 1.82) is 0 Å². The van der Waals surface area contributed by atoms with Crippen LogP contribution in [0, 0.1) is 5.41 Å². The topological polar surface area (TPSA) is 69.7 Å². The van der Waals surface area contributed by atoms with E-state index in [1.807, 2.05) is 6.92 Å². The molecule has 1 saturated heterocycles. The van der Waals surface area contributed by atoms with Crippen LogP contribution in [0.5, 0.6) is 0 Å². The highest BCUT2D eigenvalue weighted by molar-refractivity contribution is 7.93. The van der Waals surface area contributed by atoms with Gasteiger partial charge in [0, 0.05) is 6.61 Å². The molecule has 0 N–H and O–H groups in total. The second-order valence-electron chi connectivity index (χ2n) is 7.30. The summed E-state index contributed by atoms with van der Waals surface area (Å²) in [7, 11) is -3.73. The summed E-state index contributed by atoms with van der Waals surface area (Å²) in [5.41, 5.74) is -0.613. The van der Waals surface area contributed by atoms with E-state index < -0.39 is 20.0 Å². The van der Waals surface area contributed by atoms with Gasteiger partial charge in [-0.25, -0.2) is 8.42 Å². The molecule has 3 atom stereocenters. The number of ether oxygens (including phenoxy) is 2. The van der Waals surface area contributed by atoms with Crippen LogP contribution in [0.2, 0.25) is 0 Å². The van der Waals surface area contributed by atoms with E-state index in [2.05, 4.69) is 0 Å². The lowest BCUT2D eigenvalue weighted by atomic mass is 9.59. The normalized spacial score (nSPS) is 32.8. The van der Waals surface area contributed by atoms with E-state index in [-0.39, 0.29) is 11.2 Å². The van der Waals surface area contributed by atoms with Gasteiger partial charge in [0.2, 0.25) is 0 Å². The van der Waals surface area contributed by atoms with E-state index in [4.69, 9.17) is 9.47 Å². The molecule has 1 aliphatic carbocycles. The molecule has 0 bridgehead atoms. The molecular formula is C19H26O5S. The van der Waals surface area contributed by atoms with E-state index in [0.717, 1.165) is 19.3 Å². The number of benzene rings is 1. The highest BCUT2D eigenvalue weighted by Crippen LogP contribution is 2.57. The fourth-order valence-corrected chi connectivity index (χ4v) is 6.21. The first kappa shape index (κ1) is 18.5. The second-order valence-corrected chi connectivity index (χ2v) is 9.51. The third-order valence-electron chi connectivity index (χ3n) is 5.89. The Morgan fingerprint density at radius 1 is 1.24 bits per heavy atom. The second kappa shape index (κ2) is 7.17. The van der Waals surface area contributed by atoms with Gasteiger partial charge in [-0.3, -0.25) is 0 Å². The highest BCUT2D eigenvalue weighted by Gasteiger charge is 2.64. The Bertz CT molecular complexity index is 696. The predicted octanol–water partition coefficient (Wildman–Crippen LogP) is 3.13. The first-order valence-corrected chi connectivity index (χ1v) is 10.4. The first-order chi connectivity index (χ1) is 12.0. The van der Waals surface area contributed by atoms with Crippen LogP contribution in [0.25, 0.3) is 0 Å². The quantitative estimate of drug-likeness (QED) is 0.694. The molecule has 6 heteroatoms. The maximum atomic E-state index is 13.2. The average Bonchev–Trinajstić information content (AvgIpc) is 2.63. The Morgan fingerprint density at radius 3 is 2.56 bits per heavy atom. The van der Waals surface area contributed by atoms with Crippen molar-refractivity contribution >= 4 is 16.1 Å². The minimum atomic E-state index is -3.73. The van der Waals surface area contributed by atoms with Crippen molar-refractivity contribution in [1.82, 2.24) is 0 Å². The SMILES string of the molecule is C[C@]1(CCOC2CCCCO2)CC[C@]1(C=O)S(=O)(=O)c1ccccc1. The van der Waals surface area contributed by atoms with E-state index in [9.17, 15) is 13.2 Å². The number of carbonyl (C=O) groups excluding carboxylic acids is 1. The van der Waals surface area contributed by atoms with Gasteiger partial charge in [-0.05, 0) is 56.1 Å². The molecule has 0 spiro atoms. The molecule has 1 aromatic rings. The molecule has 0 aromatic heterocycles. The zero-order valence-corrected chi connectivity index (χ0v) is 15.5. The smallest absolute Gasteiger partial charge is 0.191 e. The third-order valence-corrected chi connectivity index (χ3v) is 8.53. The summed E-state index contributed by atoms with van der Waals surface area (Å²) in [6.07, 6.45) is 5.06. The van der Waals surface area contributed by atoms with Crippen molar-refractivity contribution in [2.75, 3.05) is 13.2 Å². The zero-order valence-electron chi connectivity index (χ0n) is 14.6. The van der Waals surface area contributed by atoms with Crippen LogP contribution < -0.4 is 0 Å². The minimum Gasteiger partial charge on any atom is -0.353 e. The zero-order chi connectivity index (χ0) is 18.0. The van der Waals surface area contributed by atoms with Gasteiger partial charge in [0.1, 0.15) is 11.0 Å². The molecule has 1 heterocycles. The molecule has 2 aliphatic rings. The molecule has 0 radical (unpaired) electrons. The van der Waals surface area contributed by atoms with Gasteiger partial charge in [-0.15, -0.1) is 0 Å². The first-order valence-electron chi connectivity index (χ1n) is 8.94. The van der Waals surface area contributed by atoms with Crippen molar-refractivity contribution in [3.63, 3.8) is 0 Å². The molecule has 3 rings (SSSR count). The summed E-state index contributed by atoms with van der Waals surface area (Å²) in [4.78, 5) is 12.2. The van der Waals surface area contributed by atoms with Crippen molar-refractivity contribution in [2.24, 2.45) is 5.41 Å². The van der Waals surface area contributed by atoms with Crippen LogP contribution in [0.4, 0.5) is 0 Å². The summed E-state index contributed by atoms with van der Waals surface area (Å²) in [6.45, 7) is 3.00. The van der Waals surface area contributed by atoms with Crippen LogP contribution in [0.15, 0.2) is 35.2 Å². The summed E-state index contributed by atoms with van der Waals surface area (Å²) in [5, 5.41) is 0. The van der Waals surface area contributed by atoms with Gasteiger partial charge in [-0.2, -0.15) is 0 Å². The summed E-state index contributed by atoms with van der Waals surface area (Å²) in [6, 6.07) is 8.26. The maximum absolute atomic E-state index is 13.2. The fourth-order valence-electron chi connectivity index (χ4n) is 3.93. The lowest BCUT2D eigenvalue weighted by Crippen LogP contribution is -2.62.